The average Bonchev–Trinajstić information content (AvgIpc) is 2.70. The van der Waals surface area contributed by atoms with Gasteiger partial charge >= 0.3 is 5.97 Å². The third-order valence-electron chi connectivity index (χ3n) is 2.10. The molecule has 0 aliphatic carbocycles. The van der Waals surface area contributed by atoms with E-state index < -0.39 is 12.0 Å². The molecule has 1 saturated heterocycles. The summed E-state index contributed by atoms with van der Waals surface area (Å²) in [5, 5.41) is 12.1. The van der Waals surface area contributed by atoms with Crippen LogP contribution in [-0.4, -0.2) is 22.9 Å². The van der Waals surface area contributed by atoms with Gasteiger partial charge in [0.05, 0.1) is 5.37 Å². The highest BCUT2D eigenvalue weighted by molar-refractivity contribution is 7.99. The van der Waals surface area contributed by atoms with Crippen LogP contribution in [0.2, 0.25) is 0 Å². The number of aliphatic carboxylic acids is 1. The van der Waals surface area contributed by atoms with Gasteiger partial charge in [-0.3, -0.25) is 10.1 Å². The smallest absolute Gasteiger partial charge is 0.321 e. The first-order valence-electron chi connectivity index (χ1n) is 4.33. The van der Waals surface area contributed by atoms with Gasteiger partial charge in [-0.25, -0.2) is 0 Å². The summed E-state index contributed by atoms with van der Waals surface area (Å²) in [6, 6.07) is 3.73. The molecule has 1 aliphatic heterocycles. The molecule has 1 aromatic rings. The van der Waals surface area contributed by atoms with Gasteiger partial charge in [0.1, 0.15) is 6.04 Å². The summed E-state index contributed by atoms with van der Waals surface area (Å²) < 4.78 is 0. The zero-order valence-electron chi connectivity index (χ0n) is 7.69. The van der Waals surface area contributed by atoms with Gasteiger partial charge in [-0.05, 0) is 19.1 Å². The molecule has 2 rings (SSSR count). The van der Waals surface area contributed by atoms with Gasteiger partial charge in [0.2, 0.25) is 0 Å². The van der Waals surface area contributed by atoms with Crippen molar-refractivity contribution in [2.75, 3.05) is 5.75 Å². The lowest BCUT2D eigenvalue weighted by Gasteiger charge is -2.07. The number of nitrogens with one attached hydrogen (secondary N) is 1. The van der Waals surface area contributed by atoms with Crippen LogP contribution >= 0.6 is 23.1 Å². The number of carboxylic acids is 1. The number of thioether (sulfide) groups is 1. The lowest BCUT2D eigenvalue weighted by molar-refractivity contribution is -0.138. The molecule has 0 aromatic carbocycles. The molecule has 0 bridgehead atoms. The standard InChI is InChI=1S/C9H11NO2S2/c1-5-2-3-7(14-5)8-10-6(4-13-8)9(11)12/h2-3,6,8,10H,4H2,1H3,(H,11,12). The van der Waals surface area contributed by atoms with Crippen molar-refractivity contribution in [3.05, 3.63) is 21.9 Å². The van der Waals surface area contributed by atoms with Crippen molar-refractivity contribution in [3.63, 3.8) is 0 Å². The lowest BCUT2D eigenvalue weighted by atomic mass is 10.3. The molecule has 1 aromatic heterocycles. The van der Waals surface area contributed by atoms with E-state index in [2.05, 4.69) is 24.4 Å². The van der Waals surface area contributed by atoms with Gasteiger partial charge in [0.25, 0.3) is 0 Å². The Kier molecular flexibility index (Phi) is 2.80. The van der Waals surface area contributed by atoms with Gasteiger partial charge in [-0.15, -0.1) is 23.1 Å². The number of rotatable bonds is 2. The van der Waals surface area contributed by atoms with Crippen LogP contribution in [0, 0.1) is 6.92 Å². The van der Waals surface area contributed by atoms with Crippen molar-refractivity contribution in [2.45, 2.75) is 18.3 Å². The Bertz CT molecular complexity index is 350. The van der Waals surface area contributed by atoms with Crippen LogP contribution in [0.25, 0.3) is 0 Å². The van der Waals surface area contributed by atoms with Crippen molar-refractivity contribution in [3.8, 4) is 0 Å². The van der Waals surface area contributed by atoms with E-state index in [1.807, 2.05) is 0 Å². The average molecular weight is 229 g/mol. The highest BCUT2D eigenvalue weighted by Gasteiger charge is 2.30. The number of carbonyl (C=O) groups is 1. The van der Waals surface area contributed by atoms with Crippen molar-refractivity contribution in [1.29, 1.82) is 0 Å². The second-order valence-corrected chi connectivity index (χ2v) is 5.68. The molecule has 14 heavy (non-hydrogen) atoms. The fourth-order valence-corrected chi connectivity index (χ4v) is 3.67. The first-order chi connectivity index (χ1) is 6.66. The molecule has 76 valence electrons. The van der Waals surface area contributed by atoms with E-state index in [-0.39, 0.29) is 5.37 Å². The molecule has 2 heterocycles. The number of carboxylic acid groups (broad SMARTS) is 1. The highest BCUT2D eigenvalue weighted by Crippen LogP contribution is 2.36. The van der Waals surface area contributed by atoms with Crippen LogP contribution in [0.15, 0.2) is 12.1 Å². The van der Waals surface area contributed by atoms with Crippen LogP contribution in [0.1, 0.15) is 15.1 Å². The quantitative estimate of drug-likeness (QED) is 0.812. The van der Waals surface area contributed by atoms with Crippen LogP contribution < -0.4 is 5.32 Å². The van der Waals surface area contributed by atoms with E-state index in [0.29, 0.717) is 5.75 Å². The normalized spacial score (nSPS) is 26.6. The van der Waals surface area contributed by atoms with Crippen molar-refractivity contribution >= 4 is 29.1 Å². The molecule has 0 radical (unpaired) electrons. The number of aryl methyl sites for hydroxylation is 1. The fourth-order valence-electron chi connectivity index (χ4n) is 1.37. The molecule has 0 spiro atoms. The molecular formula is C9H11NO2S2. The minimum atomic E-state index is -0.756. The Morgan fingerprint density at radius 2 is 2.43 bits per heavy atom. The molecule has 5 heteroatoms. The van der Waals surface area contributed by atoms with Crippen LogP contribution in [-0.2, 0) is 4.79 Å². The summed E-state index contributed by atoms with van der Waals surface area (Å²) in [6.07, 6.45) is 0. The maximum Gasteiger partial charge on any atom is 0.321 e. The maximum atomic E-state index is 10.7. The minimum Gasteiger partial charge on any atom is -0.480 e. The lowest BCUT2D eigenvalue weighted by Crippen LogP contribution is -2.33. The summed E-state index contributed by atoms with van der Waals surface area (Å²) in [6.45, 7) is 2.06. The van der Waals surface area contributed by atoms with Crippen molar-refractivity contribution < 1.29 is 9.90 Å². The molecule has 2 atom stereocenters. The largest absolute Gasteiger partial charge is 0.480 e. The molecule has 0 amide bonds. The van der Waals surface area contributed by atoms with E-state index in [9.17, 15) is 4.79 Å². The third kappa shape index (κ3) is 1.94. The third-order valence-corrected chi connectivity index (χ3v) is 4.56. The van der Waals surface area contributed by atoms with Gasteiger partial charge in [0, 0.05) is 15.5 Å². The molecular weight excluding hydrogens is 218 g/mol. The predicted octanol–water partition coefficient (Wildman–Crippen LogP) is 1.84. The topological polar surface area (TPSA) is 49.3 Å². The number of thiophene rings is 1. The van der Waals surface area contributed by atoms with Crippen LogP contribution in [0.5, 0.6) is 0 Å². The summed E-state index contributed by atoms with van der Waals surface area (Å²) >= 11 is 3.39. The zero-order valence-corrected chi connectivity index (χ0v) is 9.32. The monoisotopic (exact) mass is 229 g/mol. The fraction of sp³-hybridized carbons (Fsp3) is 0.444. The Balaban J connectivity index is 2.05. The molecule has 2 unspecified atom stereocenters. The molecule has 1 aliphatic rings. The van der Waals surface area contributed by atoms with E-state index in [0.717, 1.165) is 0 Å². The molecule has 0 saturated carbocycles. The Hall–Kier alpha value is -0.520. The molecule has 2 N–H and O–H groups in total. The first-order valence-corrected chi connectivity index (χ1v) is 6.20. The second kappa shape index (κ2) is 3.92. The number of hydrogen-bond donors (Lipinski definition) is 2. The molecule has 1 fully saturated rings. The second-order valence-electron chi connectivity index (χ2n) is 3.22. The predicted molar refractivity (Wildman–Crippen MR) is 58.8 cm³/mol. The van der Waals surface area contributed by atoms with E-state index in [1.54, 1.807) is 23.1 Å². The summed E-state index contributed by atoms with van der Waals surface area (Å²) in [4.78, 5) is 13.2. The van der Waals surface area contributed by atoms with Crippen molar-refractivity contribution in [1.82, 2.24) is 5.32 Å². The van der Waals surface area contributed by atoms with E-state index >= 15 is 0 Å². The van der Waals surface area contributed by atoms with Crippen LogP contribution in [0.4, 0.5) is 0 Å². The summed E-state index contributed by atoms with van der Waals surface area (Å²) in [5.41, 5.74) is 0. The SMILES string of the molecule is Cc1ccc(C2NC(C(=O)O)CS2)s1. The van der Waals surface area contributed by atoms with Crippen LogP contribution in [0.3, 0.4) is 0 Å². The Morgan fingerprint density at radius 1 is 1.64 bits per heavy atom. The number of hydrogen-bond acceptors (Lipinski definition) is 4. The zero-order chi connectivity index (χ0) is 10.1. The molecule has 3 nitrogen and oxygen atoms in total. The highest BCUT2D eigenvalue weighted by atomic mass is 32.2. The summed E-state index contributed by atoms with van der Waals surface area (Å²) in [5.74, 6) is -0.106. The maximum absolute atomic E-state index is 10.7. The van der Waals surface area contributed by atoms with E-state index in [4.69, 9.17) is 5.11 Å². The van der Waals surface area contributed by atoms with Crippen molar-refractivity contribution in [2.24, 2.45) is 0 Å². The van der Waals surface area contributed by atoms with Gasteiger partial charge < -0.3 is 5.11 Å². The van der Waals surface area contributed by atoms with Gasteiger partial charge in [-0.2, -0.15) is 0 Å². The minimum absolute atomic E-state index is 0.162. The Labute approximate surface area is 90.5 Å². The summed E-state index contributed by atoms with van der Waals surface area (Å²) in [7, 11) is 0. The van der Waals surface area contributed by atoms with Gasteiger partial charge in [-0.1, -0.05) is 0 Å². The first kappa shape index (κ1) is 10.0. The Morgan fingerprint density at radius 3 is 2.93 bits per heavy atom. The van der Waals surface area contributed by atoms with E-state index in [1.165, 1.54) is 9.75 Å². The van der Waals surface area contributed by atoms with Gasteiger partial charge in [0.15, 0.2) is 0 Å².